The fourth-order valence-corrected chi connectivity index (χ4v) is 3.44. The predicted octanol–water partition coefficient (Wildman–Crippen LogP) is -4.25. The Morgan fingerprint density at radius 3 is 1.31 bits per heavy atom. The van der Waals surface area contributed by atoms with E-state index < -0.39 is 30.0 Å². The Morgan fingerprint density at radius 2 is 1.04 bits per heavy atom. The van der Waals surface area contributed by atoms with Crippen molar-refractivity contribution in [3.8, 4) is 0 Å². The molecule has 0 atom stereocenters. The Bertz CT molecular complexity index is 964. The van der Waals surface area contributed by atoms with Crippen LogP contribution in [0.5, 0.6) is 0 Å². The van der Waals surface area contributed by atoms with Crippen molar-refractivity contribution in [1.82, 2.24) is 0 Å². The first kappa shape index (κ1) is 25.6. The molecule has 0 aliphatic rings. The molecule has 0 saturated heterocycles. The largest absolute Gasteiger partial charge is 1.00 e. The van der Waals surface area contributed by atoms with Gasteiger partial charge in [-0.3, -0.25) is 9.11 Å². The van der Waals surface area contributed by atoms with Gasteiger partial charge in [0, 0.05) is 11.4 Å². The topological polar surface area (TPSA) is 161 Å². The molecule has 0 fully saturated rings. The Kier molecular flexibility index (Phi) is 9.54. The number of anilines is 2. The molecule has 0 heterocycles. The Hall–Kier alpha value is -0.400. The first-order valence-electron chi connectivity index (χ1n) is 6.40. The van der Waals surface area contributed by atoms with E-state index in [1.807, 2.05) is 0 Å². The van der Waals surface area contributed by atoms with Crippen molar-refractivity contribution in [2.24, 2.45) is 0 Å². The number of nitrogens with two attached hydrogens (primary N) is 2. The number of hydrogen-bond acceptors (Lipinski definition) is 6. The second-order valence-electron chi connectivity index (χ2n) is 4.88. The van der Waals surface area contributed by atoms with E-state index >= 15 is 0 Å². The maximum atomic E-state index is 11.4. The average molecular weight is 418 g/mol. The average Bonchev–Trinajstić information content (AvgIpc) is 2.45. The van der Waals surface area contributed by atoms with Crippen LogP contribution in [-0.2, 0) is 20.2 Å². The minimum absolute atomic E-state index is 0. The van der Waals surface area contributed by atoms with Crippen LogP contribution >= 0.6 is 0 Å². The van der Waals surface area contributed by atoms with Gasteiger partial charge in [0.1, 0.15) is 9.79 Å². The molecule has 2 aromatic carbocycles. The molecule has 0 aliphatic carbocycles. The Morgan fingerprint density at radius 1 is 0.731 bits per heavy atom. The summed E-state index contributed by atoms with van der Waals surface area (Å²) in [6.07, 6.45) is 2.53. The molecule has 0 spiro atoms. The molecule has 0 radical (unpaired) electrons. The summed E-state index contributed by atoms with van der Waals surface area (Å²) in [5.41, 5.74) is 11.4. The van der Waals surface area contributed by atoms with Gasteiger partial charge >= 0.3 is 59.1 Å². The molecule has 0 unspecified atom stereocenters. The van der Waals surface area contributed by atoms with E-state index in [0.29, 0.717) is 0 Å². The molecular formula is C14H16N2Na2O6S2. The number of rotatable bonds is 4. The van der Waals surface area contributed by atoms with Crippen LogP contribution in [0.15, 0.2) is 46.2 Å². The third-order valence-electron chi connectivity index (χ3n) is 3.07. The minimum atomic E-state index is -4.52. The Balaban J connectivity index is -0.00000156. The third kappa shape index (κ3) is 6.64. The van der Waals surface area contributed by atoms with Crippen molar-refractivity contribution in [1.29, 1.82) is 0 Å². The van der Waals surface area contributed by atoms with Crippen molar-refractivity contribution < 1.29 is 87.9 Å². The van der Waals surface area contributed by atoms with Crippen LogP contribution < -0.4 is 70.6 Å². The van der Waals surface area contributed by atoms with Gasteiger partial charge in [-0.2, -0.15) is 16.8 Å². The zero-order chi connectivity index (χ0) is 18.1. The molecule has 0 aromatic heterocycles. The van der Waals surface area contributed by atoms with Crippen molar-refractivity contribution in [2.45, 2.75) is 9.79 Å². The first-order chi connectivity index (χ1) is 11.0. The number of benzene rings is 2. The van der Waals surface area contributed by atoms with Crippen molar-refractivity contribution in [3.05, 3.63) is 47.5 Å². The Labute approximate surface area is 198 Å². The summed E-state index contributed by atoms with van der Waals surface area (Å²) >= 11 is 0. The summed E-state index contributed by atoms with van der Waals surface area (Å²) in [6, 6.07) is 7.67. The van der Waals surface area contributed by atoms with Crippen LogP contribution in [0.2, 0.25) is 0 Å². The fourth-order valence-electron chi connectivity index (χ4n) is 2.00. The van der Waals surface area contributed by atoms with Crippen LogP contribution in [0.4, 0.5) is 11.4 Å². The van der Waals surface area contributed by atoms with E-state index in [1.54, 1.807) is 0 Å². The van der Waals surface area contributed by atoms with Crippen LogP contribution in [0.1, 0.15) is 14.0 Å². The van der Waals surface area contributed by atoms with Gasteiger partial charge in [-0.15, -0.1) is 0 Å². The molecule has 6 N–H and O–H groups in total. The van der Waals surface area contributed by atoms with E-state index in [2.05, 4.69) is 0 Å². The van der Waals surface area contributed by atoms with Crippen LogP contribution in [-0.4, -0.2) is 25.9 Å². The monoisotopic (exact) mass is 418 g/mol. The number of hydrogen-bond donors (Lipinski definition) is 4. The SMILES string of the molecule is Nc1ccc(C=Cc2ccc(N)cc2S(=O)(=O)O)c(S(=O)(=O)O)c1.[H-].[H-].[Na+].[Na+]. The summed E-state index contributed by atoms with van der Waals surface area (Å²) in [6.45, 7) is 0. The molecule has 12 heteroatoms. The van der Waals surface area contributed by atoms with E-state index in [-0.39, 0.29) is 84.5 Å². The van der Waals surface area contributed by atoms with Crippen LogP contribution in [0.3, 0.4) is 0 Å². The van der Waals surface area contributed by atoms with Gasteiger partial charge in [-0.25, -0.2) is 0 Å². The third-order valence-corrected chi connectivity index (χ3v) is 4.89. The van der Waals surface area contributed by atoms with Crippen molar-refractivity contribution >= 4 is 43.8 Å². The van der Waals surface area contributed by atoms with E-state index in [9.17, 15) is 25.9 Å². The zero-order valence-corrected chi connectivity index (χ0v) is 19.8. The maximum Gasteiger partial charge on any atom is 1.00 e. The molecular weight excluding hydrogens is 402 g/mol. The standard InChI is InChI=1S/C14H14N2O6S2.2Na.2H/c15-11-5-3-9(13(7-11)23(17,18)19)1-2-10-4-6-12(16)8-14(10)24(20,21)22;;;;/h1-8H,15-16H2,(H,17,18,19)(H,20,21,22);;;;/q;2*+1;2*-1. The molecule has 2 aromatic rings. The van der Waals surface area contributed by atoms with Crippen molar-refractivity contribution in [3.63, 3.8) is 0 Å². The van der Waals surface area contributed by atoms with E-state index in [0.717, 1.165) is 12.1 Å². The first-order valence-corrected chi connectivity index (χ1v) is 9.28. The second kappa shape index (κ2) is 9.69. The normalized spacial score (nSPS) is 11.6. The van der Waals surface area contributed by atoms with E-state index in [4.69, 9.17) is 11.5 Å². The van der Waals surface area contributed by atoms with E-state index in [1.165, 1.54) is 36.4 Å². The van der Waals surface area contributed by atoms with Gasteiger partial charge < -0.3 is 14.3 Å². The van der Waals surface area contributed by atoms with Gasteiger partial charge in [-0.1, -0.05) is 24.3 Å². The molecule has 0 amide bonds. The minimum Gasteiger partial charge on any atom is -1.00 e. The predicted molar refractivity (Wildman–Crippen MR) is 92.5 cm³/mol. The molecule has 132 valence electrons. The molecule has 0 saturated carbocycles. The fraction of sp³-hybridized carbons (Fsp3) is 0. The summed E-state index contributed by atoms with van der Waals surface area (Å²) in [5.74, 6) is 0. The van der Waals surface area contributed by atoms with Gasteiger partial charge in [0.25, 0.3) is 20.2 Å². The van der Waals surface area contributed by atoms with Gasteiger partial charge in [0.15, 0.2) is 0 Å². The summed E-state index contributed by atoms with van der Waals surface area (Å²) < 4.78 is 64.1. The summed E-state index contributed by atoms with van der Waals surface area (Å²) in [4.78, 5) is -0.856. The second-order valence-corrected chi connectivity index (χ2v) is 7.66. The smallest absolute Gasteiger partial charge is 1.00 e. The summed E-state index contributed by atoms with van der Waals surface area (Å²) in [7, 11) is -9.05. The molecule has 8 nitrogen and oxygen atoms in total. The van der Waals surface area contributed by atoms with Gasteiger partial charge in [0.2, 0.25) is 0 Å². The van der Waals surface area contributed by atoms with Gasteiger partial charge in [-0.05, 0) is 35.4 Å². The van der Waals surface area contributed by atoms with Crippen LogP contribution in [0, 0.1) is 0 Å². The molecule has 0 bridgehead atoms. The molecule has 0 aliphatic heterocycles. The maximum absolute atomic E-state index is 11.4. The zero-order valence-electron chi connectivity index (χ0n) is 16.1. The number of nitrogen functional groups attached to an aromatic ring is 2. The molecule has 2 rings (SSSR count). The van der Waals surface area contributed by atoms with Gasteiger partial charge in [0.05, 0.1) is 0 Å². The van der Waals surface area contributed by atoms with Crippen molar-refractivity contribution in [2.75, 3.05) is 11.5 Å². The van der Waals surface area contributed by atoms with Crippen LogP contribution in [0.25, 0.3) is 12.2 Å². The summed E-state index contributed by atoms with van der Waals surface area (Å²) in [5, 5.41) is 0. The molecule has 26 heavy (non-hydrogen) atoms. The quantitative estimate of drug-likeness (QED) is 0.168.